The van der Waals surface area contributed by atoms with Gasteiger partial charge in [-0.2, -0.15) is 10.2 Å². The third-order valence-corrected chi connectivity index (χ3v) is 4.82. The molecule has 100 valence electrons. The van der Waals surface area contributed by atoms with Crippen LogP contribution in [0.25, 0.3) is 10.7 Å². The number of thiophene rings is 1. The predicted octanol–water partition coefficient (Wildman–Crippen LogP) is 4.43. The van der Waals surface area contributed by atoms with E-state index in [1.807, 2.05) is 12.1 Å². The Hall–Kier alpha value is -1.19. The van der Waals surface area contributed by atoms with Crippen molar-refractivity contribution in [1.29, 1.82) is 5.26 Å². The highest BCUT2D eigenvalue weighted by Crippen LogP contribution is 2.32. The number of halogens is 1. The van der Waals surface area contributed by atoms with E-state index in [9.17, 15) is 0 Å². The largest absolute Gasteiger partial charge is 0.339 e. The van der Waals surface area contributed by atoms with Crippen molar-refractivity contribution < 1.29 is 4.52 Å². The van der Waals surface area contributed by atoms with Gasteiger partial charge in [0.2, 0.25) is 11.7 Å². The van der Waals surface area contributed by atoms with E-state index < -0.39 is 0 Å². The van der Waals surface area contributed by atoms with E-state index in [0.717, 1.165) is 15.1 Å². The molecule has 2 rings (SSSR count). The van der Waals surface area contributed by atoms with Crippen LogP contribution in [0.15, 0.2) is 20.4 Å². The monoisotopic (exact) mass is 339 g/mol. The maximum atomic E-state index is 8.88. The first-order chi connectivity index (χ1) is 9.06. The molecule has 0 saturated heterocycles. The zero-order chi connectivity index (χ0) is 13.9. The van der Waals surface area contributed by atoms with Crippen molar-refractivity contribution in [2.75, 3.05) is 0 Å². The molecule has 0 radical (unpaired) electrons. The summed E-state index contributed by atoms with van der Waals surface area (Å²) >= 11 is 4.98. The molecule has 0 bridgehead atoms. The van der Waals surface area contributed by atoms with Gasteiger partial charge in [-0.05, 0) is 39.9 Å². The van der Waals surface area contributed by atoms with Gasteiger partial charge in [0.25, 0.3) is 0 Å². The lowest BCUT2D eigenvalue weighted by Gasteiger charge is -2.22. The molecule has 0 aliphatic heterocycles. The first-order valence-electron chi connectivity index (χ1n) is 6.01. The Morgan fingerprint density at radius 2 is 2.32 bits per heavy atom. The van der Waals surface area contributed by atoms with Crippen molar-refractivity contribution in [1.82, 2.24) is 10.1 Å². The third kappa shape index (κ3) is 3.43. The molecule has 0 N–H and O–H groups in total. The average molecular weight is 340 g/mol. The predicted molar refractivity (Wildman–Crippen MR) is 77.6 cm³/mol. The van der Waals surface area contributed by atoms with Crippen LogP contribution < -0.4 is 0 Å². The van der Waals surface area contributed by atoms with Gasteiger partial charge in [0, 0.05) is 12.8 Å². The number of hydrogen-bond acceptors (Lipinski definition) is 5. The van der Waals surface area contributed by atoms with Gasteiger partial charge < -0.3 is 4.52 Å². The second kappa shape index (κ2) is 5.85. The van der Waals surface area contributed by atoms with Crippen LogP contribution in [-0.4, -0.2) is 10.1 Å². The number of rotatable bonds is 5. The molecule has 19 heavy (non-hydrogen) atoms. The lowest BCUT2D eigenvalue weighted by Crippen LogP contribution is -2.18. The van der Waals surface area contributed by atoms with Crippen LogP contribution in [-0.2, 0) is 6.42 Å². The minimum absolute atomic E-state index is 0.103. The standard InChI is InChI=1S/C13H14BrN3OS/c1-3-13(2,6-7-15)8-11-16-12(17-18-11)9-4-5-10(14)19-9/h4-5H,3,6,8H2,1-2H3. The fraction of sp³-hybridized carbons (Fsp3) is 0.462. The van der Waals surface area contributed by atoms with Gasteiger partial charge in [-0.25, -0.2) is 0 Å². The molecule has 0 aromatic carbocycles. The van der Waals surface area contributed by atoms with Crippen molar-refractivity contribution in [2.45, 2.75) is 33.1 Å². The Labute approximate surface area is 124 Å². The summed E-state index contributed by atoms with van der Waals surface area (Å²) in [5, 5.41) is 12.9. The van der Waals surface area contributed by atoms with Crippen molar-refractivity contribution in [3.05, 3.63) is 21.8 Å². The van der Waals surface area contributed by atoms with Gasteiger partial charge in [0.15, 0.2) is 0 Å². The summed E-state index contributed by atoms with van der Waals surface area (Å²) in [5.41, 5.74) is -0.103. The quantitative estimate of drug-likeness (QED) is 0.808. The summed E-state index contributed by atoms with van der Waals surface area (Å²) in [7, 11) is 0. The SMILES string of the molecule is CCC(C)(CC#N)Cc1nc(-c2ccc(Br)s2)no1. The van der Waals surface area contributed by atoms with Crippen LogP contribution in [0.2, 0.25) is 0 Å². The zero-order valence-electron chi connectivity index (χ0n) is 10.8. The first kappa shape index (κ1) is 14.2. The molecule has 0 aliphatic rings. The van der Waals surface area contributed by atoms with Crippen molar-refractivity contribution in [3.63, 3.8) is 0 Å². The lowest BCUT2D eigenvalue weighted by atomic mass is 9.81. The summed E-state index contributed by atoms with van der Waals surface area (Å²) in [6, 6.07) is 6.14. The van der Waals surface area contributed by atoms with Gasteiger partial charge in [0.1, 0.15) is 0 Å². The normalized spacial score (nSPS) is 14.0. The molecular weight excluding hydrogens is 326 g/mol. The molecular formula is C13H14BrN3OS. The number of nitriles is 1. The lowest BCUT2D eigenvalue weighted by molar-refractivity contribution is 0.266. The van der Waals surface area contributed by atoms with E-state index in [-0.39, 0.29) is 5.41 Å². The van der Waals surface area contributed by atoms with Gasteiger partial charge >= 0.3 is 0 Å². The van der Waals surface area contributed by atoms with E-state index in [2.05, 4.69) is 46.0 Å². The molecule has 2 aromatic heterocycles. The maximum Gasteiger partial charge on any atom is 0.227 e. The van der Waals surface area contributed by atoms with Crippen molar-refractivity contribution in [3.8, 4) is 16.8 Å². The molecule has 2 heterocycles. The highest BCUT2D eigenvalue weighted by Gasteiger charge is 2.25. The van der Waals surface area contributed by atoms with Crippen LogP contribution in [0.5, 0.6) is 0 Å². The Morgan fingerprint density at radius 1 is 1.53 bits per heavy atom. The smallest absolute Gasteiger partial charge is 0.227 e. The van der Waals surface area contributed by atoms with E-state index in [4.69, 9.17) is 9.78 Å². The third-order valence-electron chi connectivity index (χ3n) is 3.20. The number of nitrogens with zero attached hydrogens (tertiary/aromatic N) is 3. The second-order valence-corrected chi connectivity index (χ2v) is 7.25. The highest BCUT2D eigenvalue weighted by atomic mass is 79.9. The fourth-order valence-electron chi connectivity index (χ4n) is 1.73. The summed E-state index contributed by atoms with van der Waals surface area (Å²) in [5.74, 6) is 1.21. The Morgan fingerprint density at radius 3 is 2.89 bits per heavy atom. The highest BCUT2D eigenvalue weighted by molar-refractivity contribution is 9.11. The molecule has 6 heteroatoms. The minimum Gasteiger partial charge on any atom is -0.339 e. The summed E-state index contributed by atoms with van der Waals surface area (Å²) in [6.45, 7) is 4.15. The van der Waals surface area contributed by atoms with E-state index >= 15 is 0 Å². The van der Waals surface area contributed by atoms with Crippen LogP contribution >= 0.6 is 27.3 Å². The fourth-order valence-corrected chi connectivity index (χ4v) is 3.04. The summed E-state index contributed by atoms with van der Waals surface area (Å²) < 4.78 is 6.33. The Kier molecular flexibility index (Phi) is 4.38. The van der Waals surface area contributed by atoms with E-state index in [1.54, 1.807) is 11.3 Å². The van der Waals surface area contributed by atoms with Gasteiger partial charge in [-0.3, -0.25) is 0 Å². The van der Waals surface area contributed by atoms with Crippen molar-refractivity contribution in [2.24, 2.45) is 5.41 Å². The molecule has 0 spiro atoms. The van der Waals surface area contributed by atoms with E-state index in [0.29, 0.717) is 24.6 Å². The van der Waals surface area contributed by atoms with Crippen LogP contribution in [0.4, 0.5) is 0 Å². The zero-order valence-corrected chi connectivity index (χ0v) is 13.2. The molecule has 0 fully saturated rings. The van der Waals surface area contributed by atoms with Gasteiger partial charge in [0.05, 0.1) is 14.7 Å². The molecule has 4 nitrogen and oxygen atoms in total. The maximum absolute atomic E-state index is 8.88. The van der Waals surface area contributed by atoms with E-state index in [1.165, 1.54) is 0 Å². The average Bonchev–Trinajstić information content (AvgIpc) is 2.98. The molecule has 1 unspecified atom stereocenters. The molecule has 2 aromatic rings. The minimum atomic E-state index is -0.103. The molecule has 0 saturated carbocycles. The van der Waals surface area contributed by atoms with Crippen LogP contribution in [0, 0.1) is 16.7 Å². The van der Waals surface area contributed by atoms with Gasteiger partial charge in [-0.1, -0.05) is 19.0 Å². The van der Waals surface area contributed by atoms with Gasteiger partial charge in [-0.15, -0.1) is 11.3 Å². The van der Waals surface area contributed by atoms with Crippen molar-refractivity contribution >= 4 is 27.3 Å². The van der Waals surface area contributed by atoms with Crippen LogP contribution in [0.3, 0.4) is 0 Å². The Bertz CT molecular complexity index is 601. The molecule has 0 amide bonds. The van der Waals surface area contributed by atoms with Crippen LogP contribution in [0.1, 0.15) is 32.6 Å². The summed E-state index contributed by atoms with van der Waals surface area (Å²) in [6.07, 6.45) is 2.03. The number of aromatic nitrogens is 2. The molecule has 1 atom stereocenters. The summed E-state index contributed by atoms with van der Waals surface area (Å²) in [4.78, 5) is 5.38. The number of hydrogen-bond donors (Lipinski definition) is 0. The first-order valence-corrected chi connectivity index (χ1v) is 7.62. The topological polar surface area (TPSA) is 62.7 Å². The Balaban J connectivity index is 2.16. The second-order valence-electron chi connectivity index (χ2n) is 4.79. The molecule has 0 aliphatic carbocycles.